The molecule has 0 spiro atoms. The molecule has 0 aliphatic carbocycles. The van der Waals surface area contributed by atoms with Crippen molar-refractivity contribution in [2.45, 2.75) is 105 Å². The molecule has 1 unspecified atom stereocenters. The van der Waals surface area contributed by atoms with E-state index in [1.54, 1.807) is 13.8 Å². The molecular formula is C20H40O3. The van der Waals surface area contributed by atoms with Gasteiger partial charge in [0.2, 0.25) is 0 Å². The lowest BCUT2D eigenvalue weighted by Crippen LogP contribution is -2.41. The van der Waals surface area contributed by atoms with E-state index in [1.165, 1.54) is 51.4 Å². The quantitative estimate of drug-likeness (QED) is 0.338. The molecule has 23 heavy (non-hydrogen) atoms. The van der Waals surface area contributed by atoms with Gasteiger partial charge in [-0.15, -0.1) is 0 Å². The van der Waals surface area contributed by atoms with E-state index < -0.39 is 11.5 Å². The highest BCUT2D eigenvalue weighted by Gasteiger charge is 2.38. The fourth-order valence-electron chi connectivity index (χ4n) is 2.89. The number of carbonyl (C=O) groups excluding carboxylic acids is 1. The number of rotatable bonds is 14. The van der Waals surface area contributed by atoms with E-state index in [0.29, 0.717) is 6.61 Å². The predicted molar refractivity (Wildman–Crippen MR) is 97.4 cm³/mol. The normalized spacial score (nSPS) is 13.3. The Labute approximate surface area is 144 Å². The summed E-state index contributed by atoms with van der Waals surface area (Å²) in [5, 5.41) is 10.1. The van der Waals surface area contributed by atoms with Crippen LogP contribution in [0.2, 0.25) is 0 Å². The van der Waals surface area contributed by atoms with Gasteiger partial charge in [0.15, 0.2) is 0 Å². The maximum absolute atomic E-state index is 12.1. The van der Waals surface area contributed by atoms with Crippen molar-refractivity contribution in [1.29, 1.82) is 0 Å². The Balaban J connectivity index is 3.59. The van der Waals surface area contributed by atoms with Gasteiger partial charge in [0.05, 0.1) is 18.1 Å². The van der Waals surface area contributed by atoms with Crippen molar-refractivity contribution in [2.24, 2.45) is 11.3 Å². The second kappa shape index (κ2) is 12.8. The molecule has 0 bridgehead atoms. The van der Waals surface area contributed by atoms with Crippen LogP contribution >= 0.6 is 0 Å². The van der Waals surface area contributed by atoms with Gasteiger partial charge in [-0.2, -0.15) is 0 Å². The van der Waals surface area contributed by atoms with Crippen LogP contribution in [0.3, 0.4) is 0 Å². The van der Waals surface area contributed by atoms with Crippen LogP contribution in [0.4, 0.5) is 0 Å². The molecule has 0 amide bonds. The minimum atomic E-state index is -0.827. The molecule has 0 fully saturated rings. The summed E-state index contributed by atoms with van der Waals surface area (Å²) in [5.74, 6) is -0.232. The highest BCUT2D eigenvalue weighted by atomic mass is 16.5. The molecule has 3 nitrogen and oxygen atoms in total. The standard InChI is InChI=1S/C20H40O3/c1-6-7-8-9-10-11-12-13-14-15-16-23-19(22)20(4,5)18(21)17(2)3/h17-18,21H,6-16H2,1-5H3. The maximum Gasteiger partial charge on any atom is 0.314 e. The molecule has 1 N–H and O–H groups in total. The third-order valence-electron chi connectivity index (χ3n) is 4.63. The van der Waals surface area contributed by atoms with Crippen molar-refractivity contribution in [3.63, 3.8) is 0 Å². The molecule has 3 heteroatoms. The van der Waals surface area contributed by atoms with Crippen LogP contribution in [0.15, 0.2) is 0 Å². The van der Waals surface area contributed by atoms with Gasteiger partial charge in [0.25, 0.3) is 0 Å². The van der Waals surface area contributed by atoms with Crippen molar-refractivity contribution >= 4 is 5.97 Å². The van der Waals surface area contributed by atoms with Crippen molar-refractivity contribution in [2.75, 3.05) is 6.61 Å². The molecule has 0 saturated carbocycles. The first-order chi connectivity index (χ1) is 10.8. The van der Waals surface area contributed by atoms with Gasteiger partial charge in [-0.3, -0.25) is 4.79 Å². The minimum absolute atomic E-state index is 0.0508. The van der Waals surface area contributed by atoms with Crippen LogP contribution < -0.4 is 0 Å². The smallest absolute Gasteiger partial charge is 0.314 e. The lowest BCUT2D eigenvalue weighted by atomic mass is 9.81. The summed E-state index contributed by atoms with van der Waals surface area (Å²) in [4.78, 5) is 12.1. The number of hydrogen-bond acceptors (Lipinski definition) is 3. The first-order valence-corrected chi connectivity index (χ1v) is 9.69. The number of ether oxygens (including phenoxy) is 1. The number of carbonyl (C=O) groups is 1. The summed E-state index contributed by atoms with van der Waals surface area (Å²) < 4.78 is 5.35. The Bertz CT molecular complexity index is 297. The van der Waals surface area contributed by atoms with E-state index in [0.717, 1.165) is 12.8 Å². The SMILES string of the molecule is CCCCCCCCCCCCOC(=O)C(C)(C)C(O)C(C)C. The van der Waals surface area contributed by atoms with Gasteiger partial charge < -0.3 is 9.84 Å². The molecule has 0 aromatic carbocycles. The third-order valence-corrected chi connectivity index (χ3v) is 4.63. The van der Waals surface area contributed by atoms with Gasteiger partial charge in [-0.1, -0.05) is 78.6 Å². The topological polar surface area (TPSA) is 46.5 Å². The second-order valence-electron chi connectivity index (χ2n) is 7.73. The van der Waals surface area contributed by atoms with E-state index in [1.807, 2.05) is 13.8 Å². The molecule has 0 saturated heterocycles. The zero-order valence-corrected chi connectivity index (χ0v) is 16.2. The fraction of sp³-hybridized carbons (Fsp3) is 0.950. The zero-order valence-electron chi connectivity index (χ0n) is 16.2. The third kappa shape index (κ3) is 10.0. The van der Waals surface area contributed by atoms with Gasteiger partial charge in [-0.05, 0) is 26.2 Å². The van der Waals surface area contributed by atoms with Gasteiger partial charge in [0.1, 0.15) is 0 Å². The Morgan fingerprint density at radius 1 is 0.913 bits per heavy atom. The number of esters is 1. The summed E-state index contributed by atoms with van der Waals surface area (Å²) >= 11 is 0. The first-order valence-electron chi connectivity index (χ1n) is 9.69. The summed E-state index contributed by atoms with van der Waals surface area (Å²) in [5.41, 5.74) is -0.827. The summed E-state index contributed by atoms with van der Waals surface area (Å²) in [6, 6.07) is 0. The van der Waals surface area contributed by atoms with E-state index in [-0.39, 0.29) is 11.9 Å². The van der Waals surface area contributed by atoms with Crippen molar-refractivity contribution in [1.82, 2.24) is 0 Å². The molecule has 0 aliphatic heterocycles. The lowest BCUT2D eigenvalue weighted by molar-refractivity contribution is -0.162. The zero-order chi connectivity index (χ0) is 17.7. The highest BCUT2D eigenvalue weighted by Crippen LogP contribution is 2.27. The van der Waals surface area contributed by atoms with Crippen LogP contribution in [0, 0.1) is 11.3 Å². The molecule has 0 aromatic rings. The predicted octanol–water partition coefficient (Wildman–Crippen LogP) is 5.49. The molecule has 1 atom stereocenters. The van der Waals surface area contributed by atoms with Crippen molar-refractivity contribution < 1.29 is 14.6 Å². The van der Waals surface area contributed by atoms with E-state index in [4.69, 9.17) is 4.74 Å². The monoisotopic (exact) mass is 328 g/mol. The number of aliphatic hydroxyl groups excluding tert-OH is 1. The number of hydrogen-bond donors (Lipinski definition) is 1. The number of aliphatic hydroxyl groups is 1. The first kappa shape index (κ1) is 22.4. The summed E-state index contributed by atoms with van der Waals surface area (Å²) in [6.45, 7) is 10.1. The Kier molecular flexibility index (Phi) is 12.5. The summed E-state index contributed by atoms with van der Waals surface area (Å²) in [7, 11) is 0. The van der Waals surface area contributed by atoms with E-state index in [9.17, 15) is 9.90 Å². The van der Waals surface area contributed by atoms with Gasteiger partial charge >= 0.3 is 5.97 Å². The van der Waals surface area contributed by atoms with Gasteiger partial charge in [0, 0.05) is 0 Å². The lowest BCUT2D eigenvalue weighted by Gasteiger charge is -2.30. The molecule has 0 radical (unpaired) electrons. The van der Waals surface area contributed by atoms with Crippen LogP contribution in [-0.4, -0.2) is 23.8 Å². The largest absolute Gasteiger partial charge is 0.465 e. The van der Waals surface area contributed by atoms with Crippen LogP contribution in [0.5, 0.6) is 0 Å². The summed E-state index contributed by atoms with van der Waals surface area (Å²) in [6.07, 6.45) is 12.0. The molecule has 0 heterocycles. The molecule has 0 aliphatic rings. The van der Waals surface area contributed by atoms with Gasteiger partial charge in [-0.25, -0.2) is 0 Å². The second-order valence-corrected chi connectivity index (χ2v) is 7.73. The average Bonchev–Trinajstić information content (AvgIpc) is 2.51. The van der Waals surface area contributed by atoms with E-state index in [2.05, 4.69) is 6.92 Å². The number of unbranched alkanes of at least 4 members (excludes halogenated alkanes) is 9. The molecular weight excluding hydrogens is 288 g/mol. The maximum atomic E-state index is 12.1. The van der Waals surface area contributed by atoms with Crippen LogP contribution in [0.25, 0.3) is 0 Å². The molecule has 0 aromatic heterocycles. The van der Waals surface area contributed by atoms with Crippen molar-refractivity contribution in [3.05, 3.63) is 0 Å². The Hall–Kier alpha value is -0.570. The highest BCUT2D eigenvalue weighted by molar-refractivity contribution is 5.76. The molecule has 0 rings (SSSR count). The van der Waals surface area contributed by atoms with Crippen LogP contribution in [-0.2, 0) is 9.53 Å². The molecule has 138 valence electrons. The fourth-order valence-corrected chi connectivity index (χ4v) is 2.89. The average molecular weight is 329 g/mol. The van der Waals surface area contributed by atoms with Crippen LogP contribution in [0.1, 0.15) is 98.8 Å². The Morgan fingerprint density at radius 3 is 1.78 bits per heavy atom. The van der Waals surface area contributed by atoms with Crippen molar-refractivity contribution in [3.8, 4) is 0 Å². The Morgan fingerprint density at radius 2 is 1.35 bits per heavy atom. The minimum Gasteiger partial charge on any atom is -0.465 e. The van der Waals surface area contributed by atoms with E-state index >= 15 is 0 Å².